The number of hydrogen-bond acceptors (Lipinski definition) is 3. The number of hydrogen-bond donors (Lipinski definition) is 2. The summed E-state index contributed by atoms with van der Waals surface area (Å²) in [5, 5.41) is 10.2. The lowest BCUT2D eigenvalue weighted by molar-refractivity contribution is -0.0145. The van der Waals surface area contributed by atoms with Crippen molar-refractivity contribution in [1.29, 1.82) is 0 Å². The van der Waals surface area contributed by atoms with Gasteiger partial charge in [0.05, 0.1) is 5.60 Å². The average molecular weight is 171 g/mol. The number of aliphatic hydroxyl groups is 1. The Morgan fingerprint density at radius 1 is 1.08 bits per heavy atom. The Balaban J connectivity index is 2.06. The Hall–Kier alpha value is -0.120. The Morgan fingerprint density at radius 2 is 1.83 bits per heavy atom. The van der Waals surface area contributed by atoms with E-state index in [1.165, 1.54) is 0 Å². The molecule has 1 aliphatic carbocycles. The zero-order valence-electron chi connectivity index (χ0n) is 7.38. The van der Waals surface area contributed by atoms with Crippen LogP contribution in [0.1, 0.15) is 32.1 Å². The van der Waals surface area contributed by atoms with E-state index in [-0.39, 0.29) is 5.54 Å². The molecule has 1 atom stereocenters. The molecule has 1 unspecified atom stereocenters. The third-order valence-corrected chi connectivity index (χ3v) is 3.25. The second-order valence-corrected chi connectivity index (χ2v) is 4.15. The van der Waals surface area contributed by atoms with Crippen molar-refractivity contribution in [1.82, 2.24) is 0 Å². The van der Waals surface area contributed by atoms with Gasteiger partial charge in [-0.1, -0.05) is 0 Å². The van der Waals surface area contributed by atoms with Crippen molar-refractivity contribution in [3.8, 4) is 0 Å². The fourth-order valence-electron chi connectivity index (χ4n) is 2.03. The molecule has 0 bridgehead atoms. The summed E-state index contributed by atoms with van der Waals surface area (Å²) in [6.07, 6.45) is 4.41. The van der Waals surface area contributed by atoms with Crippen LogP contribution in [0.4, 0.5) is 0 Å². The van der Waals surface area contributed by atoms with Crippen molar-refractivity contribution in [3.05, 3.63) is 0 Å². The minimum Gasteiger partial charge on any atom is -0.388 e. The third-order valence-electron chi connectivity index (χ3n) is 3.25. The van der Waals surface area contributed by atoms with Crippen LogP contribution in [0.15, 0.2) is 0 Å². The molecular formula is C9H17NO2. The SMILES string of the molecule is NC1(C2(O)CCCOCC2)CC1. The van der Waals surface area contributed by atoms with Gasteiger partial charge in [-0.05, 0) is 25.7 Å². The Morgan fingerprint density at radius 3 is 2.50 bits per heavy atom. The molecule has 0 aromatic rings. The van der Waals surface area contributed by atoms with E-state index in [2.05, 4.69) is 0 Å². The van der Waals surface area contributed by atoms with Gasteiger partial charge in [-0.25, -0.2) is 0 Å². The van der Waals surface area contributed by atoms with E-state index in [1.54, 1.807) is 0 Å². The van der Waals surface area contributed by atoms with Crippen LogP contribution in [-0.4, -0.2) is 29.5 Å². The normalized spacial score (nSPS) is 40.5. The van der Waals surface area contributed by atoms with Gasteiger partial charge in [-0.3, -0.25) is 0 Å². The van der Waals surface area contributed by atoms with Crippen LogP contribution in [-0.2, 0) is 4.74 Å². The quantitative estimate of drug-likeness (QED) is 0.600. The highest BCUT2D eigenvalue weighted by molar-refractivity contribution is 5.13. The van der Waals surface area contributed by atoms with E-state index >= 15 is 0 Å². The van der Waals surface area contributed by atoms with E-state index in [0.717, 1.165) is 32.3 Å². The molecule has 3 N–H and O–H groups in total. The topological polar surface area (TPSA) is 55.5 Å². The van der Waals surface area contributed by atoms with Crippen LogP contribution in [0, 0.1) is 0 Å². The highest BCUT2D eigenvalue weighted by atomic mass is 16.5. The van der Waals surface area contributed by atoms with Gasteiger partial charge in [0.15, 0.2) is 0 Å². The largest absolute Gasteiger partial charge is 0.388 e. The lowest BCUT2D eigenvalue weighted by Gasteiger charge is -2.32. The van der Waals surface area contributed by atoms with Crippen LogP contribution in [0.3, 0.4) is 0 Å². The summed E-state index contributed by atoms with van der Waals surface area (Å²) >= 11 is 0. The minimum absolute atomic E-state index is 0.277. The highest BCUT2D eigenvalue weighted by Gasteiger charge is 2.55. The van der Waals surface area contributed by atoms with Crippen LogP contribution < -0.4 is 5.73 Å². The molecule has 2 rings (SSSR count). The smallest absolute Gasteiger partial charge is 0.0849 e. The van der Waals surface area contributed by atoms with Crippen molar-refractivity contribution >= 4 is 0 Å². The van der Waals surface area contributed by atoms with Gasteiger partial charge in [0.25, 0.3) is 0 Å². The second kappa shape index (κ2) is 2.69. The maximum Gasteiger partial charge on any atom is 0.0849 e. The number of nitrogens with two attached hydrogens (primary N) is 1. The van der Waals surface area contributed by atoms with Crippen LogP contribution in [0.2, 0.25) is 0 Å². The zero-order chi connectivity index (χ0) is 8.66. The van der Waals surface area contributed by atoms with Gasteiger partial charge < -0.3 is 15.6 Å². The summed E-state index contributed by atoms with van der Waals surface area (Å²) in [7, 11) is 0. The first-order chi connectivity index (χ1) is 5.66. The molecule has 0 radical (unpaired) electrons. The van der Waals surface area contributed by atoms with Crippen molar-refractivity contribution < 1.29 is 9.84 Å². The first-order valence-electron chi connectivity index (χ1n) is 4.75. The molecule has 0 spiro atoms. The van der Waals surface area contributed by atoms with E-state index in [4.69, 9.17) is 10.5 Å². The van der Waals surface area contributed by atoms with Crippen LogP contribution in [0.25, 0.3) is 0 Å². The van der Waals surface area contributed by atoms with Gasteiger partial charge in [0.1, 0.15) is 0 Å². The predicted molar refractivity (Wildman–Crippen MR) is 45.8 cm³/mol. The fourth-order valence-corrected chi connectivity index (χ4v) is 2.03. The second-order valence-electron chi connectivity index (χ2n) is 4.15. The van der Waals surface area contributed by atoms with Gasteiger partial charge >= 0.3 is 0 Å². The molecule has 2 fully saturated rings. The van der Waals surface area contributed by atoms with Gasteiger partial charge in [0.2, 0.25) is 0 Å². The first-order valence-corrected chi connectivity index (χ1v) is 4.75. The Bertz CT molecular complexity index is 169. The van der Waals surface area contributed by atoms with E-state index in [9.17, 15) is 5.11 Å². The Labute approximate surface area is 72.9 Å². The predicted octanol–water partition coefficient (Wildman–Crippen LogP) is 0.409. The van der Waals surface area contributed by atoms with Gasteiger partial charge in [-0.2, -0.15) is 0 Å². The highest BCUT2D eigenvalue weighted by Crippen LogP contribution is 2.46. The van der Waals surface area contributed by atoms with Crippen LogP contribution >= 0.6 is 0 Å². The zero-order valence-corrected chi connectivity index (χ0v) is 7.38. The molecule has 3 nitrogen and oxygen atoms in total. The standard InChI is InChI=1S/C9H17NO2/c10-8(3-4-8)9(11)2-1-6-12-7-5-9/h11H,1-7,10H2. The molecule has 1 aliphatic heterocycles. The molecule has 1 saturated carbocycles. The number of rotatable bonds is 1. The molecule has 1 heterocycles. The Kier molecular flexibility index (Phi) is 1.90. The minimum atomic E-state index is -0.635. The van der Waals surface area contributed by atoms with E-state index < -0.39 is 5.60 Å². The molecule has 0 amide bonds. The van der Waals surface area contributed by atoms with Gasteiger partial charge in [0, 0.05) is 25.2 Å². The molecule has 1 saturated heterocycles. The number of ether oxygens (including phenoxy) is 1. The first kappa shape index (κ1) is 8.48. The van der Waals surface area contributed by atoms with E-state index in [0.29, 0.717) is 13.0 Å². The molecular weight excluding hydrogens is 154 g/mol. The fraction of sp³-hybridized carbons (Fsp3) is 1.00. The molecule has 12 heavy (non-hydrogen) atoms. The van der Waals surface area contributed by atoms with Crippen LogP contribution in [0.5, 0.6) is 0 Å². The summed E-state index contributed by atoms with van der Waals surface area (Å²) in [5.41, 5.74) is 5.11. The van der Waals surface area contributed by atoms with Crippen molar-refractivity contribution in [2.75, 3.05) is 13.2 Å². The molecule has 70 valence electrons. The maximum atomic E-state index is 10.2. The monoisotopic (exact) mass is 171 g/mol. The summed E-state index contributed by atoms with van der Waals surface area (Å²) in [6.45, 7) is 1.44. The molecule has 3 heteroatoms. The third kappa shape index (κ3) is 1.26. The molecule has 2 aliphatic rings. The molecule has 0 aromatic heterocycles. The summed E-state index contributed by atoms with van der Waals surface area (Å²) < 4.78 is 5.30. The van der Waals surface area contributed by atoms with Crippen molar-refractivity contribution in [2.45, 2.75) is 43.2 Å². The maximum absolute atomic E-state index is 10.2. The summed E-state index contributed by atoms with van der Waals surface area (Å²) in [4.78, 5) is 0. The van der Waals surface area contributed by atoms with Crippen molar-refractivity contribution in [3.63, 3.8) is 0 Å². The summed E-state index contributed by atoms with van der Waals surface area (Å²) in [5.74, 6) is 0. The van der Waals surface area contributed by atoms with Crippen molar-refractivity contribution in [2.24, 2.45) is 5.73 Å². The molecule has 0 aromatic carbocycles. The lowest BCUT2D eigenvalue weighted by atomic mass is 9.85. The average Bonchev–Trinajstić information content (AvgIpc) is 2.78. The van der Waals surface area contributed by atoms with Gasteiger partial charge in [-0.15, -0.1) is 0 Å². The van der Waals surface area contributed by atoms with E-state index in [1.807, 2.05) is 0 Å². The summed E-state index contributed by atoms with van der Waals surface area (Å²) in [6, 6.07) is 0. The lowest BCUT2D eigenvalue weighted by Crippen LogP contribution is -2.50.